The minimum absolute atomic E-state index is 0.0915. The summed E-state index contributed by atoms with van der Waals surface area (Å²) in [6, 6.07) is 5.97. The number of amides is 1. The Bertz CT molecular complexity index is 449. The van der Waals surface area contributed by atoms with Crippen LogP contribution in [0.5, 0.6) is 0 Å². The third-order valence-corrected chi connectivity index (χ3v) is 3.44. The lowest BCUT2D eigenvalue weighted by Gasteiger charge is -2.26. The summed E-state index contributed by atoms with van der Waals surface area (Å²) >= 11 is 6.29. The standard InChI is InChI=1S/C15H24ClN3O/c1-5-8-19(11-15(20)18(3)4)13-7-6-12(10-17-2)14(16)9-13/h6-7,9,17H,5,8,10-11H2,1-4H3. The predicted molar refractivity (Wildman–Crippen MR) is 85.4 cm³/mol. The number of carbonyl (C=O) groups excluding carboxylic acids is 1. The van der Waals surface area contributed by atoms with Crippen LogP contribution in [-0.2, 0) is 11.3 Å². The number of carbonyl (C=O) groups is 1. The number of hydrogen-bond donors (Lipinski definition) is 1. The summed E-state index contributed by atoms with van der Waals surface area (Å²) in [5.74, 6) is 0.0915. The number of hydrogen-bond acceptors (Lipinski definition) is 3. The molecule has 0 aliphatic heterocycles. The molecule has 112 valence electrons. The molecule has 1 rings (SSSR count). The molecule has 0 spiro atoms. The molecule has 0 aliphatic rings. The van der Waals surface area contributed by atoms with Crippen molar-refractivity contribution in [1.29, 1.82) is 0 Å². The van der Waals surface area contributed by atoms with E-state index in [9.17, 15) is 4.79 Å². The van der Waals surface area contributed by atoms with Crippen molar-refractivity contribution in [3.63, 3.8) is 0 Å². The van der Waals surface area contributed by atoms with Gasteiger partial charge in [0.15, 0.2) is 0 Å². The van der Waals surface area contributed by atoms with Gasteiger partial charge in [-0.15, -0.1) is 0 Å². The molecule has 0 unspecified atom stereocenters. The minimum atomic E-state index is 0.0915. The molecular formula is C15H24ClN3O. The number of nitrogens with one attached hydrogen (secondary N) is 1. The number of nitrogens with zero attached hydrogens (tertiary/aromatic N) is 2. The van der Waals surface area contributed by atoms with E-state index in [0.29, 0.717) is 6.54 Å². The highest BCUT2D eigenvalue weighted by Crippen LogP contribution is 2.24. The molecule has 0 aliphatic carbocycles. The smallest absolute Gasteiger partial charge is 0.241 e. The van der Waals surface area contributed by atoms with E-state index in [1.54, 1.807) is 19.0 Å². The van der Waals surface area contributed by atoms with Crippen LogP contribution in [-0.4, -0.2) is 45.0 Å². The van der Waals surface area contributed by atoms with Gasteiger partial charge in [-0.05, 0) is 31.2 Å². The highest BCUT2D eigenvalue weighted by Gasteiger charge is 2.13. The van der Waals surface area contributed by atoms with Crippen LogP contribution in [0, 0.1) is 0 Å². The van der Waals surface area contributed by atoms with Crippen molar-refractivity contribution in [2.75, 3.05) is 39.1 Å². The second kappa shape index (κ2) is 8.12. The number of anilines is 1. The van der Waals surface area contributed by atoms with Gasteiger partial charge in [-0.1, -0.05) is 24.6 Å². The van der Waals surface area contributed by atoms with Gasteiger partial charge in [0.05, 0.1) is 6.54 Å². The van der Waals surface area contributed by atoms with Crippen LogP contribution in [0.25, 0.3) is 0 Å². The van der Waals surface area contributed by atoms with Crippen LogP contribution in [0.15, 0.2) is 18.2 Å². The Morgan fingerprint density at radius 3 is 2.55 bits per heavy atom. The molecule has 0 saturated carbocycles. The topological polar surface area (TPSA) is 35.6 Å². The van der Waals surface area contributed by atoms with E-state index in [0.717, 1.165) is 35.8 Å². The maximum Gasteiger partial charge on any atom is 0.241 e. The number of likely N-dealkylation sites (N-methyl/N-ethyl adjacent to an activating group) is 1. The second-order valence-electron chi connectivity index (χ2n) is 5.02. The van der Waals surface area contributed by atoms with Gasteiger partial charge in [-0.25, -0.2) is 0 Å². The summed E-state index contributed by atoms with van der Waals surface area (Å²) in [6.45, 7) is 4.05. The van der Waals surface area contributed by atoms with E-state index in [4.69, 9.17) is 11.6 Å². The van der Waals surface area contributed by atoms with Crippen LogP contribution in [0.1, 0.15) is 18.9 Å². The molecule has 20 heavy (non-hydrogen) atoms. The fourth-order valence-electron chi connectivity index (χ4n) is 1.94. The first-order chi connectivity index (χ1) is 9.49. The van der Waals surface area contributed by atoms with Crippen LogP contribution in [0.3, 0.4) is 0 Å². The Kier molecular flexibility index (Phi) is 6.82. The summed E-state index contributed by atoms with van der Waals surface area (Å²) < 4.78 is 0. The van der Waals surface area contributed by atoms with E-state index in [1.807, 2.05) is 25.2 Å². The molecule has 0 bridgehead atoms. The third-order valence-electron chi connectivity index (χ3n) is 3.09. The fraction of sp³-hybridized carbons (Fsp3) is 0.533. The third kappa shape index (κ3) is 4.69. The Labute approximate surface area is 126 Å². The molecule has 0 aromatic heterocycles. The maximum atomic E-state index is 11.9. The molecule has 0 heterocycles. The fourth-order valence-corrected chi connectivity index (χ4v) is 2.18. The molecule has 1 amide bonds. The van der Waals surface area contributed by atoms with Crippen molar-refractivity contribution < 1.29 is 4.79 Å². The van der Waals surface area contributed by atoms with E-state index < -0.39 is 0 Å². The van der Waals surface area contributed by atoms with Gasteiger partial charge in [0, 0.05) is 37.9 Å². The zero-order valence-electron chi connectivity index (χ0n) is 12.7. The van der Waals surface area contributed by atoms with Gasteiger partial charge in [0.25, 0.3) is 0 Å². The highest BCUT2D eigenvalue weighted by atomic mass is 35.5. The number of rotatable bonds is 7. The first-order valence-electron chi connectivity index (χ1n) is 6.87. The molecular weight excluding hydrogens is 274 g/mol. The van der Waals surface area contributed by atoms with Crippen molar-refractivity contribution in [3.8, 4) is 0 Å². The molecule has 1 aromatic rings. The van der Waals surface area contributed by atoms with E-state index >= 15 is 0 Å². The summed E-state index contributed by atoms with van der Waals surface area (Å²) in [4.78, 5) is 15.6. The highest BCUT2D eigenvalue weighted by molar-refractivity contribution is 6.31. The summed E-state index contributed by atoms with van der Waals surface area (Å²) in [5, 5.41) is 3.82. The molecule has 1 aromatic carbocycles. The lowest BCUT2D eigenvalue weighted by atomic mass is 10.2. The summed E-state index contributed by atoms with van der Waals surface area (Å²) in [6.07, 6.45) is 0.983. The van der Waals surface area contributed by atoms with Crippen LogP contribution < -0.4 is 10.2 Å². The van der Waals surface area contributed by atoms with Crippen molar-refractivity contribution in [2.24, 2.45) is 0 Å². The zero-order chi connectivity index (χ0) is 15.1. The van der Waals surface area contributed by atoms with Gasteiger partial charge in [-0.3, -0.25) is 4.79 Å². The van der Waals surface area contributed by atoms with Gasteiger partial charge in [0.2, 0.25) is 5.91 Å². The van der Waals surface area contributed by atoms with Crippen molar-refractivity contribution in [2.45, 2.75) is 19.9 Å². The van der Waals surface area contributed by atoms with Gasteiger partial charge < -0.3 is 15.1 Å². The Hall–Kier alpha value is -1.26. The van der Waals surface area contributed by atoms with Gasteiger partial charge >= 0.3 is 0 Å². The Balaban J connectivity index is 2.91. The van der Waals surface area contributed by atoms with Crippen LogP contribution >= 0.6 is 11.6 Å². The van der Waals surface area contributed by atoms with E-state index in [2.05, 4.69) is 17.1 Å². The van der Waals surface area contributed by atoms with E-state index in [1.165, 1.54) is 0 Å². The summed E-state index contributed by atoms with van der Waals surface area (Å²) in [5.41, 5.74) is 2.06. The largest absolute Gasteiger partial charge is 0.362 e. The number of halogens is 1. The Morgan fingerprint density at radius 1 is 1.35 bits per heavy atom. The lowest BCUT2D eigenvalue weighted by molar-refractivity contribution is -0.127. The second-order valence-corrected chi connectivity index (χ2v) is 5.42. The predicted octanol–water partition coefficient (Wildman–Crippen LogP) is 2.36. The lowest BCUT2D eigenvalue weighted by Crippen LogP contribution is -2.37. The molecule has 0 fully saturated rings. The maximum absolute atomic E-state index is 11.9. The van der Waals surface area contributed by atoms with Crippen LogP contribution in [0.4, 0.5) is 5.69 Å². The minimum Gasteiger partial charge on any atom is -0.362 e. The molecule has 1 N–H and O–H groups in total. The first kappa shape index (κ1) is 16.8. The Morgan fingerprint density at radius 2 is 2.05 bits per heavy atom. The van der Waals surface area contributed by atoms with Gasteiger partial charge in [-0.2, -0.15) is 0 Å². The molecule has 5 heteroatoms. The van der Waals surface area contributed by atoms with Crippen molar-refractivity contribution in [1.82, 2.24) is 10.2 Å². The SMILES string of the molecule is CCCN(CC(=O)N(C)C)c1ccc(CNC)c(Cl)c1. The molecule has 0 radical (unpaired) electrons. The number of benzene rings is 1. The average molecular weight is 298 g/mol. The molecule has 0 atom stereocenters. The quantitative estimate of drug-likeness (QED) is 0.839. The normalized spacial score (nSPS) is 10.4. The first-order valence-corrected chi connectivity index (χ1v) is 7.25. The van der Waals surface area contributed by atoms with Crippen molar-refractivity contribution in [3.05, 3.63) is 28.8 Å². The van der Waals surface area contributed by atoms with E-state index in [-0.39, 0.29) is 5.91 Å². The van der Waals surface area contributed by atoms with Crippen molar-refractivity contribution >= 4 is 23.2 Å². The summed E-state index contributed by atoms with van der Waals surface area (Å²) in [7, 11) is 5.44. The van der Waals surface area contributed by atoms with Crippen LogP contribution in [0.2, 0.25) is 5.02 Å². The average Bonchev–Trinajstić information content (AvgIpc) is 2.40. The molecule has 4 nitrogen and oxygen atoms in total. The molecule has 0 saturated heterocycles. The van der Waals surface area contributed by atoms with Gasteiger partial charge in [0.1, 0.15) is 0 Å². The zero-order valence-corrected chi connectivity index (χ0v) is 13.5. The monoisotopic (exact) mass is 297 g/mol.